The smallest absolute Gasteiger partial charge is 0.408 e. The minimum absolute atomic E-state index is 0.0107. The van der Waals surface area contributed by atoms with Gasteiger partial charge in [-0.1, -0.05) is 20.3 Å². The van der Waals surface area contributed by atoms with Crippen molar-refractivity contribution in [3.8, 4) is 0 Å². The largest absolute Gasteiger partial charge is 0.464 e. The molecule has 0 saturated carbocycles. The average Bonchev–Trinajstić information content (AvgIpc) is 2.24. The fraction of sp³-hybridized carbons (Fsp3) is 0.857. The van der Waals surface area contributed by atoms with Crippen LogP contribution in [-0.2, 0) is 14.3 Å². The number of carbonyl (C=O) groups is 2. The topological polar surface area (TPSA) is 64.6 Å². The molecule has 0 spiro atoms. The Morgan fingerprint density at radius 1 is 1.21 bits per heavy atom. The van der Waals surface area contributed by atoms with Gasteiger partial charge in [0.2, 0.25) is 0 Å². The van der Waals surface area contributed by atoms with E-state index in [1.165, 1.54) is 0 Å². The highest BCUT2D eigenvalue weighted by Gasteiger charge is 2.29. The van der Waals surface area contributed by atoms with E-state index in [2.05, 4.69) is 5.32 Å². The number of hydrogen-bond acceptors (Lipinski definition) is 4. The van der Waals surface area contributed by atoms with E-state index in [1.54, 1.807) is 27.7 Å². The van der Waals surface area contributed by atoms with E-state index in [9.17, 15) is 9.59 Å². The van der Waals surface area contributed by atoms with Gasteiger partial charge in [-0.05, 0) is 40.0 Å². The van der Waals surface area contributed by atoms with Gasteiger partial charge in [-0.3, -0.25) is 0 Å². The first-order chi connectivity index (χ1) is 8.71. The molecule has 0 bridgehead atoms. The molecule has 2 unspecified atom stereocenters. The summed E-state index contributed by atoms with van der Waals surface area (Å²) in [6.07, 6.45) is 1.18. The lowest BCUT2D eigenvalue weighted by molar-refractivity contribution is -0.147. The minimum atomic E-state index is -0.658. The summed E-state index contributed by atoms with van der Waals surface area (Å²) in [5.74, 6) is -0.397. The molecular weight excluding hydrogens is 246 g/mol. The molecular formula is C14H27NO4. The Bertz CT molecular complexity index is 296. The molecule has 112 valence electrons. The molecule has 0 fully saturated rings. The third-order valence-electron chi connectivity index (χ3n) is 2.53. The Balaban J connectivity index is 4.66. The van der Waals surface area contributed by atoms with Crippen molar-refractivity contribution in [2.45, 2.75) is 66.0 Å². The van der Waals surface area contributed by atoms with Crippen LogP contribution < -0.4 is 5.32 Å². The van der Waals surface area contributed by atoms with Crippen LogP contribution in [0.15, 0.2) is 0 Å². The lowest BCUT2D eigenvalue weighted by Gasteiger charge is -2.25. The lowest BCUT2D eigenvalue weighted by Crippen LogP contribution is -2.47. The Kier molecular flexibility index (Phi) is 7.49. The van der Waals surface area contributed by atoms with E-state index in [0.717, 1.165) is 12.8 Å². The van der Waals surface area contributed by atoms with Gasteiger partial charge in [-0.2, -0.15) is 0 Å². The molecule has 0 aromatic rings. The Labute approximate surface area is 116 Å². The van der Waals surface area contributed by atoms with Gasteiger partial charge in [0.25, 0.3) is 0 Å². The van der Waals surface area contributed by atoms with Crippen molar-refractivity contribution >= 4 is 12.1 Å². The molecule has 0 aromatic carbocycles. The quantitative estimate of drug-likeness (QED) is 0.756. The van der Waals surface area contributed by atoms with Gasteiger partial charge in [-0.25, -0.2) is 9.59 Å². The zero-order valence-electron chi connectivity index (χ0n) is 12.9. The summed E-state index contributed by atoms with van der Waals surface area (Å²) in [4.78, 5) is 23.6. The minimum Gasteiger partial charge on any atom is -0.464 e. The normalized spacial score (nSPS) is 14.4. The van der Waals surface area contributed by atoms with Gasteiger partial charge >= 0.3 is 12.1 Å². The van der Waals surface area contributed by atoms with Crippen molar-refractivity contribution in [3.63, 3.8) is 0 Å². The highest BCUT2D eigenvalue weighted by atomic mass is 16.6. The summed E-state index contributed by atoms with van der Waals surface area (Å²) in [5, 5.41) is 2.61. The van der Waals surface area contributed by atoms with Crippen LogP contribution in [0, 0.1) is 5.92 Å². The van der Waals surface area contributed by atoms with E-state index in [1.807, 2.05) is 13.8 Å². The number of hydrogen-bond donors (Lipinski definition) is 1. The second-order valence-corrected chi connectivity index (χ2v) is 5.64. The van der Waals surface area contributed by atoms with Crippen molar-refractivity contribution in [1.29, 1.82) is 0 Å². The number of nitrogens with one attached hydrogen (secondary N) is 1. The zero-order valence-corrected chi connectivity index (χ0v) is 12.9. The van der Waals surface area contributed by atoms with Crippen LogP contribution in [0.25, 0.3) is 0 Å². The Morgan fingerprint density at radius 2 is 1.79 bits per heavy atom. The fourth-order valence-corrected chi connectivity index (χ4v) is 1.72. The number of esters is 1. The Morgan fingerprint density at radius 3 is 2.21 bits per heavy atom. The molecule has 1 amide bonds. The van der Waals surface area contributed by atoms with Crippen molar-refractivity contribution in [3.05, 3.63) is 0 Å². The molecule has 0 heterocycles. The maximum Gasteiger partial charge on any atom is 0.408 e. The number of alkyl carbamates (subject to hydrolysis) is 1. The molecule has 0 aliphatic carbocycles. The maximum atomic E-state index is 11.9. The Hall–Kier alpha value is -1.26. The summed E-state index contributed by atoms with van der Waals surface area (Å²) < 4.78 is 10.2. The van der Waals surface area contributed by atoms with Crippen molar-refractivity contribution < 1.29 is 19.1 Å². The van der Waals surface area contributed by atoms with Crippen molar-refractivity contribution in [2.75, 3.05) is 6.61 Å². The number of rotatable bonds is 6. The van der Waals surface area contributed by atoms with Gasteiger partial charge < -0.3 is 14.8 Å². The lowest BCUT2D eigenvalue weighted by atomic mass is 9.97. The first-order valence-electron chi connectivity index (χ1n) is 6.87. The maximum absolute atomic E-state index is 11.9. The summed E-state index contributed by atoms with van der Waals surface area (Å²) in [6.45, 7) is 11.3. The third kappa shape index (κ3) is 7.70. The molecule has 0 aliphatic heterocycles. The SMILES string of the molecule is CCCC(C)C(NC(=O)OC(C)(C)C)C(=O)OCC. The molecule has 5 nitrogen and oxygen atoms in total. The van der Waals surface area contributed by atoms with Crippen LogP contribution in [0.2, 0.25) is 0 Å². The fourth-order valence-electron chi connectivity index (χ4n) is 1.72. The predicted octanol–water partition coefficient (Wildman–Crippen LogP) is 2.88. The highest BCUT2D eigenvalue weighted by Crippen LogP contribution is 2.14. The van der Waals surface area contributed by atoms with E-state index in [0.29, 0.717) is 6.61 Å². The number of carbonyl (C=O) groups excluding carboxylic acids is 2. The second-order valence-electron chi connectivity index (χ2n) is 5.64. The van der Waals surface area contributed by atoms with Gasteiger partial charge in [0, 0.05) is 0 Å². The molecule has 0 radical (unpaired) electrons. The van der Waals surface area contributed by atoms with Crippen LogP contribution in [0.5, 0.6) is 0 Å². The first kappa shape index (κ1) is 17.7. The number of ether oxygens (including phenoxy) is 2. The second kappa shape index (κ2) is 8.02. The van der Waals surface area contributed by atoms with E-state index in [4.69, 9.17) is 9.47 Å². The first-order valence-corrected chi connectivity index (χ1v) is 6.87. The molecule has 0 saturated heterocycles. The van der Waals surface area contributed by atoms with E-state index in [-0.39, 0.29) is 5.92 Å². The van der Waals surface area contributed by atoms with Crippen LogP contribution >= 0.6 is 0 Å². The molecule has 0 aromatic heterocycles. The van der Waals surface area contributed by atoms with Crippen LogP contribution in [0.3, 0.4) is 0 Å². The van der Waals surface area contributed by atoms with Crippen LogP contribution in [0.4, 0.5) is 4.79 Å². The zero-order chi connectivity index (χ0) is 15.1. The van der Waals surface area contributed by atoms with Crippen molar-refractivity contribution in [1.82, 2.24) is 5.32 Å². The standard InChI is InChI=1S/C14H27NO4/c1-7-9-10(3)11(12(16)18-8-2)15-13(17)19-14(4,5)6/h10-11H,7-9H2,1-6H3,(H,15,17). The van der Waals surface area contributed by atoms with Gasteiger partial charge in [-0.15, -0.1) is 0 Å². The summed E-state index contributed by atoms with van der Waals surface area (Å²) in [5.41, 5.74) is -0.586. The molecule has 0 aliphatic rings. The predicted molar refractivity (Wildman–Crippen MR) is 73.9 cm³/mol. The molecule has 0 rings (SSSR count). The van der Waals surface area contributed by atoms with Gasteiger partial charge in [0.05, 0.1) is 6.61 Å². The molecule has 1 N–H and O–H groups in total. The third-order valence-corrected chi connectivity index (χ3v) is 2.53. The summed E-state index contributed by atoms with van der Waals surface area (Å²) in [6, 6.07) is -0.658. The number of amides is 1. The van der Waals surface area contributed by atoms with Gasteiger partial charge in [0.1, 0.15) is 11.6 Å². The molecule has 5 heteroatoms. The van der Waals surface area contributed by atoms with Crippen molar-refractivity contribution in [2.24, 2.45) is 5.92 Å². The average molecular weight is 273 g/mol. The molecule has 19 heavy (non-hydrogen) atoms. The molecule has 2 atom stereocenters. The van der Waals surface area contributed by atoms with E-state index >= 15 is 0 Å². The van der Waals surface area contributed by atoms with E-state index < -0.39 is 23.7 Å². The van der Waals surface area contributed by atoms with Gasteiger partial charge in [0.15, 0.2) is 0 Å². The monoisotopic (exact) mass is 273 g/mol. The van der Waals surface area contributed by atoms with Crippen LogP contribution in [0.1, 0.15) is 54.4 Å². The highest BCUT2D eigenvalue weighted by molar-refractivity contribution is 5.81. The van der Waals surface area contributed by atoms with Crippen LogP contribution in [-0.4, -0.2) is 30.3 Å². The summed E-state index contributed by atoms with van der Waals surface area (Å²) >= 11 is 0. The summed E-state index contributed by atoms with van der Waals surface area (Å²) in [7, 11) is 0.